The Morgan fingerprint density at radius 2 is 1.94 bits per heavy atom. The Morgan fingerprint density at radius 3 is 2.56 bits per heavy atom. The van der Waals surface area contributed by atoms with Gasteiger partial charge in [0.1, 0.15) is 0 Å². The molecular formula is C15H22N2O. The van der Waals surface area contributed by atoms with E-state index in [9.17, 15) is 0 Å². The molecule has 1 aromatic carbocycles. The largest absolute Gasteiger partial charge is 0.378 e. The van der Waals surface area contributed by atoms with Crippen molar-refractivity contribution in [3.8, 4) is 0 Å². The second kappa shape index (κ2) is 5.39. The van der Waals surface area contributed by atoms with E-state index in [1.165, 1.54) is 25.2 Å². The van der Waals surface area contributed by atoms with Crippen molar-refractivity contribution in [1.29, 1.82) is 0 Å². The van der Waals surface area contributed by atoms with Gasteiger partial charge in [-0.25, -0.2) is 0 Å². The van der Waals surface area contributed by atoms with Gasteiger partial charge in [0.2, 0.25) is 0 Å². The summed E-state index contributed by atoms with van der Waals surface area (Å²) in [6.07, 6.45) is 0. The van der Waals surface area contributed by atoms with Crippen molar-refractivity contribution in [2.75, 3.05) is 32.8 Å². The van der Waals surface area contributed by atoms with E-state index in [1.54, 1.807) is 0 Å². The maximum atomic E-state index is 5.30. The van der Waals surface area contributed by atoms with Crippen LogP contribution in [0.2, 0.25) is 0 Å². The van der Waals surface area contributed by atoms with Crippen molar-refractivity contribution < 1.29 is 4.74 Å². The van der Waals surface area contributed by atoms with Gasteiger partial charge in [-0.05, 0) is 12.5 Å². The molecule has 3 rings (SSSR count). The van der Waals surface area contributed by atoms with Crippen LogP contribution in [0.5, 0.6) is 0 Å². The van der Waals surface area contributed by atoms with Gasteiger partial charge in [0.25, 0.3) is 0 Å². The number of piperazine rings is 1. The normalized spacial score (nSPS) is 27.1. The molecule has 18 heavy (non-hydrogen) atoms. The molecule has 0 radical (unpaired) electrons. The number of benzene rings is 1. The molecule has 1 atom stereocenters. The van der Waals surface area contributed by atoms with Crippen molar-refractivity contribution in [1.82, 2.24) is 9.80 Å². The molecule has 0 amide bonds. The molecule has 98 valence electrons. The lowest BCUT2D eigenvalue weighted by Crippen LogP contribution is -2.60. The van der Waals surface area contributed by atoms with Gasteiger partial charge in [-0.1, -0.05) is 30.3 Å². The van der Waals surface area contributed by atoms with Crippen LogP contribution in [0.4, 0.5) is 0 Å². The summed E-state index contributed by atoms with van der Waals surface area (Å²) in [4.78, 5) is 5.18. The standard InChI is InChI=1S/C15H22N2O/c1-13-9-16(10-14-5-3-2-4-6-14)7-8-17(13)15-11-18-12-15/h2-6,13,15H,7-12H2,1H3. The van der Waals surface area contributed by atoms with Gasteiger partial charge < -0.3 is 4.74 Å². The van der Waals surface area contributed by atoms with Crippen LogP contribution in [-0.4, -0.2) is 54.7 Å². The van der Waals surface area contributed by atoms with E-state index in [0.29, 0.717) is 12.1 Å². The molecule has 0 N–H and O–H groups in total. The van der Waals surface area contributed by atoms with Crippen LogP contribution in [0.15, 0.2) is 30.3 Å². The van der Waals surface area contributed by atoms with Crippen LogP contribution in [0.25, 0.3) is 0 Å². The zero-order valence-electron chi connectivity index (χ0n) is 11.1. The first-order chi connectivity index (χ1) is 8.83. The van der Waals surface area contributed by atoms with Crippen LogP contribution < -0.4 is 0 Å². The highest BCUT2D eigenvalue weighted by Crippen LogP contribution is 2.19. The zero-order valence-corrected chi connectivity index (χ0v) is 11.1. The number of nitrogens with zero attached hydrogens (tertiary/aromatic N) is 2. The predicted octanol–water partition coefficient (Wildman–Crippen LogP) is 1.59. The maximum absolute atomic E-state index is 5.30. The van der Waals surface area contributed by atoms with Gasteiger partial charge in [0.05, 0.1) is 19.3 Å². The van der Waals surface area contributed by atoms with E-state index in [4.69, 9.17) is 4.74 Å². The second-order valence-corrected chi connectivity index (χ2v) is 5.50. The van der Waals surface area contributed by atoms with Crippen molar-refractivity contribution >= 4 is 0 Å². The van der Waals surface area contributed by atoms with E-state index in [0.717, 1.165) is 19.8 Å². The van der Waals surface area contributed by atoms with Gasteiger partial charge in [0.15, 0.2) is 0 Å². The van der Waals surface area contributed by atoms with Crippen LogP contribution in [-0.2, 0) is 11.3 Å². The van der Waals surface area contributed by atoms with E-state index in [1.807, 2.05) is 0 Å². The number of hydrogen-bond acceptors (Lipinski definition) is 3. The molecule has 0 spiro atoms. The lowest BCUT2D eigenvalue weighted by Gasteiger charge is -2.46. The third kappa shape index (κ3) is 2.58. The summed E-state index contributed by atoms with van der Waals surface area (Å²) >= 11 is 0. The van der Waals surface area contributed by atoms with Gasteiger partial charge in [-0.3, -0.25) is 9.80 Å². The summed E-state index contributed by atoms with van der Waals surface area (Å²) in [5.74, 6) is 0. The summed E-state index contributed by atoms with van der Waals surface area (Å²) < 4.78 is 5.30. The quantitative estimate of drug-likeness (QED) is 0.805. The summed E-state index contributed by atoms with van der Waals surface area (Å²) in [6.45, 7) is 8.82. The topological polar surface area (TPSA) is 15.7 Å². The molecule has 2 fully saturated rings. The molecule has 2 heterocycles. The molecule has 0 aliphatic carbocycles. The van der Waals surface area contributed by atoms with Crippen molar-refractivity contribution in [2.45, 2.75) is 25.6 Å². The third-order valence-corrected chi connectivity index (χ3v) is 4.10. The Bertz CT molecular complexity index is 377. The zero-order chi connectivity index (χ0) is 12.4. The van der Waals surface area contributed by atoms with E-state index in [2.05, 4.69) is 47.1 Å². The fraction of sp³-hybridized carbons (Fsp3) is 0.600. The third-order valence-electron chi connectivity index (χ3n) is 4.10. The Morgan fingerprint density at radius 1 is 1.17 bits per heavy atom. The monoisotopic (exact) mass is 246 g/mol. The summed E-state index contributed by atoms with van der Waals surface area (Å²) in [6, 6.07) is 12.1. The fourth-order valence-corrected chi connectivity index (χ4v) is 2.99. The molecule has 2 saturated heterocycles. The van der Waals surface area contributed by atoms with Gasteiger partial charge in [0, 0.05) is 32.2 Å². The van der Waals surface area contributed by atoms with E-state index < -0.39 is 0 Å². The van der Waals surface area contributed by atoms with Crippen LogP contribution in [0.1, 0.15) is 12.5 Å². The SMILES string of the molecule is CC1CN(Cc2ccccc2)CCN1C1COC1. The minimum atomic E-state index is 0.649. The first-order valence-electron chi connectivity index (χ1n) is 6.92. The Balaban J connectivity index is 1.54. The average molecular weight is 246 g/mol. The maximum Gasteiger partial charge on any atom is 0.0645 e. The van der Waals surface area contributed by atoms with E-state index in [-0.39, 0.29) is 0 Å². The molecule has 0 aromatic heterocycles. The van der Waals surface area contributed by atoms with Gasteiger partial charge in [-0.15, -0.1) is 0 Å². The van der Waals surface area contributed by atoms with Crippen LogP contribution in [0, 0.1) is 0 Å². The lowest BCUT2D eigenvalue weighted by atomic mass is 10.1. The number of hydrogen-bond donors (Lipinski definition) is 0. The summed E-state index contributed by atoms with van der Waals surface area (Å²) in [7, 11) is 0. The van der Waals surface area contributed by atoms with Crippen LogP contribution >= 0.6 is 0 Å². The Labute approximate surface area is 109 Å². The van der Waals surface area contributed by atoms with Gasteiger partial charge >= 0.3 is 0 Å². The molecule has 2 aliphatic rings. The highest BCUT2D eigenvalue weighted by molar-refractivity contribution is 5.14. The van der Waals surface area contributed by atoms with Crippen molar-refractivity contribution in [3.05, 3.63) is 35.9 Å². The Kier molecular flexibility index (Phi) is 3.64. The highest BCUT2D eigenvalue weighted by atomic mass is 16.5. The minimum Gasteiger partial charge on any atom is -0.378 e. The van der Waals surface area contributed by atoms with E-state index >= 15 is 0 Å². The lowest BCUT2D eigenvalue weighted by molar-refractivity contribution is -0.0940. The Hall–Kier alpha value is -0.900. The highest BCUT2D eigenvalue weighted by Gasteiger charge is 2.33. The minimum absolute atomic E-state index is 0.649. The molecule has 0 saturated carbocycles. The average Bonchev–Trinajstić information content (AvgIpc) is 2.32. The molecule has 2 aliphatic heterocycles. The molecule has 1 aromatic rings. The van der Waals surface area contributed by atoms with Crippen LogP contribution in [0.3, 0.4) is 0 Å². The smallest absolute Gasteiger partial charge is 0.0645 e. The fourth-order valence-electron chi connectivity index (χ4n) is 2.99. The summed E-state index contributed by atoms with van der Waals surface area (Å²) in [5, 5.41) is 0. The molecule has 3 nitrogen and oxygen atoms in total. The molecule has 0 bridgehead atoms. The molecular weight excluding hydrogens is 224 g/mol. The van der Waals surface area contributed by atoms with Crippen molar-refractivity contribution in [2.24, 2.45) is 0 Å². The second-order valence-electron chi connectivity index (χ2n) is 5.50. The first-order valence-corrected chi connectivity index (χ1v) is 6.92. The number of rotatable bonds is 3. The number of ether oxygens (including phenoxy) is 1. The van der Waals surface area contributed by atoms with Crippen molar-refractivity contribution in [3.63, 3.8) is 0 Å². The molecule has 3 heteroatoms. The van der Waals surface area contributed by atoms with Gasteiger partial charge in [-0.2, -0.15) is 0 Å². The summed E-state index contributed by atoms with van der Waals surface area (Å²) in [5.41, 5.74) is 1.42. The first kappa shape index (κ1) is 12.2. The predicted molar refractivity (Wildman–Crippen MR) is 72.5 cm³/mol. The molecule has 1 unspecified atom stereocenters.